The summed E-state index contributed by atoms with van der Waals surface area (Å²) in [5, 5.41) is 0. The number of benzene rings is 2. The monoisotopic (exact) mass is 351 g/mol. The van der Waals surface area contributed by atoms with Gasteiger partial charge >= 0.3 is 0 Å². The predicted octanol–water partition coefficient (Wildman–Crippen LogP) is 5.35. The third kappa shape index (κ3) is 3.66. The van der Waals surface area contributed by atoms with E-state index in [2.05, 4.69) is 6.08 Å². The van der Waals surface area contributed by atoms with Crippen LogP contribution in [-0.2, 0) is 4.79 Å². The average molecular weight is 351 g/mol. The van der Waals surface area contributed by atoms with Crippen LogP contribution in [0.2, 0.25) is 0 Å². The first kappa shape index (κ1) is 16.7. The van der Waals surface area contributed by atoms with E-state index >= 15 is 0 Å². The summed E-state index contributed by atoms with van der Waals surface area (Å²) in [4.78, 5) is 15.0. The van der Waals surface area contributed by atoms with Gasteiger partial charge in [0.25, 0.3) is 5.91 Å². The van der Waals surface area contributed by atoms with E-state index in [1.54, 1.807) is 4.90 Å². The van der Waals surface area contributed by atoms with E-state index in [1.165, 1.54) is 11.8 Å². The molecule has 0 unspecified atom stereocenters. The number of carbonyl (C=O) groups is 1. The lowest BCUT2D eigenvalue weighted by molar-refractivity contribution is -0.113. The summed E-state index contributed by atoms with van der Waals surface area (Å²) in [6.45, 7) is 4.00. The molecule has 0 radical (unpaired) electrons. The summed E-state index contributed by atoms with van der Waals surface area (Å²) in [6, 6.07) is 17.9. The van der Waals surface area contributed by atoms with Gasteiger partial charge in [0.2, 0.25) is 0 Å². The zero-order valence-corrected chi connectivity index (χ0v) is 15.2. The number of hydrogen-bond acceptors (Lipinski definition) is 3. The van der Waals surface area contributed by atoms with Gasteiger partial charge in [0, 0.05) is 0 Å². The largest absolute Gasteiger partial charge is 0.270 e. The number of anilines is 1. The average Bonchev–Trinajstić information content (AvgIpc) is 2.82. The van der Waals surface area contributed by atoms with Crippen LogP contribution in [0.4, 0.5) is 5.69 Å². The van der Waals surface area contributed by atoms with Crippen LogP contribution in [0.25, 0.3) is 6.08 Å². The van der Waals surface area contributed by atoms with Gasteiger partial charge < -0.3 is 0 Å². The maximum absolute atomic E-state index is 12.7. The smallest absolute Gasteiger partial charge is 0.268 e. The molecule has 2 aromatic rings. The van der Waals surface area contributed by atoms with Crippen molar-refractivity contribution >= 4 is 46.0 Å². The molecule has 0 bridgehead atoms. The molecule has 120 valence electrons. The van der Waals surface area contributed by atoms with Crippen LogP contribution < -0.4 is 4.90 Å². The van der Waals surface area contributed by atoms with E-state index in [-0.39, 0.29) is 5.91 Å². The van der Waals surface area contributed by atoms with Gasteiger partial charge in [-0.15, -0.1) is 0 Å². The highest BCUT2D eigenvalue weighted by molar-refractivity contribution is 8.27. The lowest BCUT2D eigenvalue weighted by Crippen LogP contribution is -2.27. The van der Waals surface area contributed by atoms with Crippen LogP contribution in [0, 0.1) is 6.92 Å². The Morgan fingerprint density at radius 3 is 2.58 bits per heavy atom. The minimum atomic E-state index is -0.0589. The van der Waals surface area contributed by atoms with E-state index in [0.29, 0.717) is 9.23 Å². The molecular formula is C20H17NOS2. The molecule has 0 spiro atoms. The number of allylic oxidation sites excluding steroid dienone is 2. The molecule has 1 heterocycles. The zero-order chi connectivity index (χ0) is 17.1. The molecule has 0 aliphatic carbocycles. The van der Waals surface area contributed by atoms with E-state index in [0.717, 1.165) is 22.4 Å². The van der Waals surface area contributed by atoms with Crippen LogP contribution in [0.1, 0.15) is 18.1 Å². The lowest BCUT2D eigenvalue weighted by Gasteiger charge is -2.14. The zero-order valence-electron chi connectivity index (χ0n) is 13.5. The molecule has 4 heteroatoms. The molecule has 24 heavy (non-hydrogen) atoms. The van der Waals surface area contributed by atoms with Crippen molar-refractivity contribution in [1.29, 1.82) is 0 Å². The topological polar surface area (TPSA) is 20.3 Å². The van der Waals surface area contributed by atoms with E-state index in [1.807, 2.05) is 74.5 Å². The van der Waals surface area contributed by atoms with Gasteiger partial charge in [-0.1, -0.05) is 72.5 Å². The Hall–Kier alpha value is -2.17. The number of hydrogen-bond donors (Lipinski definition) is 0. The Morgan fingerprint density at radius 2 is 1.88 bits per heavy atom. The Labute approximate surface area is 151 Å². The highest BCUT2D eigenvalue weighted by Gasteiger charge is 2.33. The maximum atomic E-state index is 12.7. The van der Waals surface area contributed by atoms with Gasteiger partial charge in [0.15, 0.2) is 4.32 Å². The first-order valence-corrected chi connectivity index (χ1v) is 8.85. The van der Waals surface area contributed by atoms with Gasteiger partial charge in [0.1, 0.15) is 0 Å². The summed E-state index contributed by atoms with van der Waals surface area (Å²) < 4.78 is 0.573. The molecular weight excluding hydrogens is 334 g/mol. The van der Waals surface area contributed by atoms with E-state index in [9.17, 15) is 4.79 Å². The molecule has 1 fully saturated rings. The SMILES string of the molecule is CC(/C=C1\SC(=S)N(c2cccc(C)c2)C1=O)=C\c1ccccc1. The molecule has 2 aromatic carbocycles. The highest BCUT2D eigenvalue weighted by Crippen LogP contribution is 2.35. The summed E-state index contributed by atoms with van der Waals surface area (Å²) in [5.41, 5.74) is 4.06. The summed E-state index contributed by atoms with van der Waals surface area (Å²) in [7, 11) is 0. The highest BCUT2D eigenvalue weighted by atomic mass is 32.2. The summed E-state index contributed by atoms with van der Waals surface area (Å²) >= 11 is 6.76. The van der Waals surface area contributed by atoms with Crippen LogP contribution in [-0.4, -0.2) is 10.2 Å². The Morgan fingerprint density at radius 1 is 1.12 bits per heavy atom. The number of nitrogens with zero attached hydrogens (tertiary/aromatic N) is 1. The third-order valence-corrected chi connectivity index (χ3v) is 4.91. The molecule has 0 aromatic heterocycles. The first-order valence-electron chi connectivity index (χ1n) is 7.62. The standard InChI is InChI=1S/C20H17NOS2/c1-14-7-6-10-17(12-14)21-19(22)18(24-20(21)23)13-15(2)11-16-8-4-3-5-9-16/h3-13H,1-2H3/b15-11+,18-13-. The molecule has 2 nitrogen and oxygen atoms in total. The van der Waals surface area contributed by atoms with E-state index in [4.69, 9.17) is 12.2 Å². The second kappa shape index (κ2) is 7.16. The van der Waals surface area contributed by atoms with E-state index < -0.39 is 0 Å². The van der Waals surface area contributed by atoms with Gasteiger partial charge in [-0.05, 0) is 48.8 Å². The molecule has 0 atom stereocenters. The van der Waals surface area contributed by atoms with Crippen LogP contribution in [0.15, 0.2) is 71.2 Å². The normalized spacial score (nSPS) is 17.0. The van der Waals surface area contributed by atoms with Crippen molar-refractivity contribution in [2.45, 2.75) is 13.8 Å². The Balaban J connectivity index is 1.87. The first-order chi connectivity index (χ1) is 11.5. The second-order valence-corrected chi connectivity index (χ2v) is 7.33. The third-order valence-electron chi connectivity index (χ3n) is 3.61. The summed E-state index contributed by atoms with van der Waals surface area (Å²) in [5.74, 6) is -0.0589. The van der Waals surface area contributed by atoms with Gasteiger partial charge in [-0.2, -0.15) is 0 Å². The number of amides is 1. The van der Waals surface area contributed by atoms with Gasteiger partial charge in [-0.3, -0.25) is 9.69 Å². The number of thioether (sulfide) groups is 1. The van der Waals surface area contributed by atoms with Crippen molar-refractivity contribution in [3.63, 3.8) is 0 Å². The van der Waals surface area contributed by atoms with Crippen molar-refractivity contribution < 1.29 is 4.79 Å². The lowest BCUT2D eigenvalue weighted by atomic mass is 10.1. The maximum Gasteiger partial charge on any atom is 0.270 e. The molecule has 0 N–H and O–H groups in total. The van der Waals surface area contributed by atoms with Crippen molar-refractivity contribution in [3.8, 4) is 0 Å². The van der Waals surface area contributed by atoms with Gasteiger partial charge in [0.05, 0.1) is 10.6 Å². The minimum absolute atomic E-state index is 0.0589. The van der Waals surface area contributed by atoms with Crippen LogP contribution in [0.5, 0.6) is 0 Å². The predicted molar refractivity (Wildman–Crippen MR) is 107 cm³/mol. The second-order valence-electron chi connectivity index (χ2n) is 5.66. The van der Waals surface area contributed by atoms with Gasteiger partial charge in [-0.25, -0.2) is 0 Å². The van der Waals surface area contributed by atoms with Crippen molar-refractivity contribution in [2.24, 2.45) is 0 Å². The fourth-order valence-corrected chi connectivity index (χ4v) is 3.87. The minimum Gasteiger partial charge on any atom is -0.268 e. The Kier molecular flexibility index (Phi) is 4.97. The molecule has 1 aliphatic rings. The number of thiocarbonyl (C=S) groups is 1. The summed E-state index contributed by atoms with van der Waals surface area (Å²) in [6.07, 6.45) is 3.96. The fourth-order valence-electron chi connectivity index (χ4n) is 2.52. The fraction of sp³-hybridized carbons (Fsp3) is 0.100. The molecule has 1 amide bonds. The van der Waals surface area contributed by atoms with Crippen LogP contribution >= 0.6 is 24.0 Å². The number of carbonyl (C=O) groups excluding carboxylic acids is 1. The van der Waals surface area contributed by atoms with Crippen LogP contribution in [0.3, 0.4) is 0 Å². The Bertz CT molecular complexity index is 853. The van der Waals surface area contributed by atoms with Crippen molar-refractivity contribution in [2.75, 3.05) is 4.90 Å². The molecule has 1 aliphatic heterocycles. The number of aryl methyl sites for hydroxylation is 1. The molecule has 1 saturated heterocycles. The van der Waals surface area contributed by atoms with Crippen molar-refractivity contribution in [3.05, 3.63) is 82.3 Å². The van der Waals surface area contributed by atoms with Crippen molar-refractivity contribution in [1.82, 2.24) is 0 Å². The quantitative estimate of drug-likeness (QED) is 0.549. The number of rotatable bonds is 3. The molecule has 0 saturated carbocycles. The molecule has 3 rings (SSSR count).